The zero-order valence-electron chi connectivity index (χ0n) is 27.4. The standard InChI is InChI=1S/C38H40ClNO6S/c1-37(2)20-28-34(30(41)22-37)33(25-18-27(39)36(32(19-25)45-5)46-47(43,44)26-14-10-7-11-15-26)35-29(21-38(3,4)23-31(35)42)40(28)17-16-24-12-8-6-9-13-24/h6-15,18-19,33H,16-17,20-23H2,1-5H3. The molecule has 3 aliphatic rings. The number of methoxy groups -OCH3 is 1. The number of ether oxygens (including phenoxy) is 1. The molecule has 6 rings (SSSR count). The molecule has 1 aliphatic heterocycles. The van der Waals surface area contributed by atoms with E-state index >= 15 is 0 Å². The molecule has 0 N–H and O–H groups in total. The van der Waals surface area contributed by atoms with Gasteiger partial charge in [0.05, 0.1) is 12.1 Å². The van der Waals surface area contributed by atoms with E-state index in [-0.39, 0.29) is 43.8 Å². The van der Waals surface area contributed by atoms with E-state index in [4.69, 9.17) is 20.5 Å². The molecule has 0 saturated heterocycles. The Hall–Kier alpha value is -3.88. The average Bonchev–Trinajstić information content (AvgIpc) is 3.00. The smallest absolute Gasteiger partial charge is 0.339 e. The summed E-state index contributed by atoms with van der Waals surface area (Å²) in [6.07, 6.45) is 2.79. The van der Waals surface area contributed by atoms with Crippen molar-refractivity contribution in [3.63, 3.8) is 0 Å². The van der Waals surface area contributed by atoms with Gasteiger partial charge in [-0.1, -0.05) is 87.8 Å². The third-order valence-electron chi connectivity index (χ3n) is 9.30. The lowest BCUT2D eigenvalue weighted by atomic mass is 9.63. The molecule has 0 amide bonds. The summed E-state index contributed by atoms with van der Waals surface area (Å²) in [5.41, 5.74) is 4.32. The van der Waals surface area contributed by atoms with Crippen LogP contribution in [0.2, 0.25) is 5.02 Å². The second kappa shape index (κ2) is 12.3. The number of benzene rings is 3. The molecular weight excluding hydrogens is 634 g/mol. The molecule has 0 saturated carbocycles. The highest BCUT2D eigenvalue weighted by molar-refractivity contribution is 7.87. The molecule has 0 radical (unpaired) electrons. The van der Waals surface area contributed by atoms with Crippen molar-refractivity contribution in [1.82, 2.24) is 4.90 Å². The lowest BCUT2D eigenvalue weighted by Gasteiger charge is -2.49. The molecule has 246 valence electrons. The molecule has 7 nitrogen and oxygen atoms in total. The summed E-state index contributed by atoms with van der Waals surface area (Å²) in [7, 11) is -2.82. The highest BCUT2D eigenvalue weighted by Gasteiger charge is 2.49. The largest absolute Gasteiger partial charge is 0.493 e. The second-order valence-electron chi connectivity index (χ2n) is 14.3. The fourth-order valence-corrected chi connectivity index (χ4v) is 8.55. The van der Waals surface area contributed by atoms with Gasteiger partial charge in [-0.2, -0.15) is 8.42 Å². The molecule has 0 aromatic heterocycles. The van der Waals surface area contributed by atoms with Crippen molar-refractivity contribution in [3.05, 3.63) is 111 Å². The highest BCUT2D eigenvalue weighted by atomic mass is 35.5. The van der Waals surface area contributed by atoms with Gasteiger partial charge in [-0.15, -0.1) is 0 Å². The van der Waals surface area contributed by atoms with Crippen LogP contribution >= 0.6 is 11.6 Å². The van der Waals surface area contributed by atoms with E-state index < -0.39 is 16.0 Å². The molecule has 0 atom stereocenters. The molecule has 1 heterocycles. The number of hydrogen-bond donors (Lipinski definition) is 0. The first-order valence-corrected chi connectivity index (χ1v) is 17.7. The number of carbonyl (C=O) groups is 2. The third-order valence-corrected chi connectivity index (χ3v) is 10.8. The van der Waals surface area contributed by atoms with Crippen LogP contribution in [0.3, 0.4) is 0 Å². The molecule has 0 unspecified atom stereocenters. The summed E-state index contributed by atoms with van der Waals surface area (Å²) >= 11 is 6.80. The third kappa shape index (κ3) is 6.50. The number of carbonyl (C=O) groups excluding carboxylic acids is 2. The van der Waals surface area contributed by atoms with Crippen molar-refractivity contribution >= 4 is 33.3 Å². The van der Waals surface area contributed by atoms with E-state index in [1.807, 2.05) is 18.2 Å². The summed E-state index contributed by atoms with van der Waals surface area (Å²) in [5.74, 6) is -0.742. The number of nitrogens with zero attached hydrogens (tertiary/aromatic N) is 1. The molecule has 3 aromatic carbocycles. The first kappa shape index (κ1) is 33.0. The van der Waals surface area contributed by atoms with Gasteiger partial charge in [0.1, 0.15) is 4.90 Å². The zero-order chi connectivity index (χ0) is 33.7. The normalized spacial score (nSPS) is 19.4. The first-order chi connectivity index (χ1) is 22.2. The summed E-state index contributed by atoms with van der Waals surface area (Å²) in [5, 5.41) is 0.00170. The van der Waals surface area contributed by atoms with E-state index in [1.165, 1.54) is 24.8 Å². The highest BCUT2D eigenvalue weighted by Crippen LogP contribution is 2.55. The summed E-state index contributed by atoms with van der Waals surface area (Å²) in [6, 6.07) is 21.3. The van der Waals surface area contributed by atoms with Crippen molar-refractivity contribution in [3.8, 4) is 11.5 Å². The SMILES string of the molecule is COc1cc(C2C3=C(CC(C)(C)CC3=O)N(CCc3ccccc3)C3=C2C(=O)CC(C)(C)C3)cc(Cl)c1OS(=O)(=O)c1ccccc1. The molecule has 47 heavy (non-hydrogen) atoms. The first-order valence-electron chi connectivity index (χ1n) is 15.9. The Morgan fingerprint density at radius 3 is 1.87 bits per heavy atom. The minimum atomic E-state index is -4.22. The molecule has 3 aromatic rings. The van der Waals surface area contributed by atoms with Gasteiger partial charge >= 0.3 is 10.1 Å². The van der Waals surface area contributed by atoms with Gasteiger partial charge in [0.25, 0.3) is 0 Å². The summed E-state index contributed by atoms with van der Waals surface area (Å²) in [6.45, 7) is 9.07. The summed E-state index contributed by atoms with van der Waals surface area (Å²) in [4.78, 5) is 30.7. The van der Waals surface area contributed by atoms with Gasteiger partial charge in [0, 0.05) is 47.8 Å². The molecule has 2 aliphatic carbocycles. The van der Waals surface area contributed by atoms with E-state index in [1.54, 1.807) is 30.3 Å². The minimum Gasteiger partial charge on any atom is -0.493 e. The van der Waals surface area contributed by atoms with Crippen molar-refractivity contribution in [2.45, 2.75) is 70.6 Å². The van der Waals surface area contributed by atoms with Crippen LogP contribution in [-0.2, 0) is 26.1 Å². The number of Topliss-reactive ketones (excluding diaryl/α,β-unsaturated/α-hetero) is 2. The Bertz CT molecular complexity index is 1860. The van der Waals surface area contributed by atoms with Crippen molar-refractivity contribution in [2.24, 2.45) is 10.8 Å². The van der Waals surface area contributed by atoms with Crippen molar-refractivity contribution in [2.75, 3.05) is 13.7 Å². The predicted molar refractivity (Wildman–Crippen MR) is 182 cm³/mol. The van der Waals surface area contributed by atoms with Gasteiger partial charge in [0.2, 0.25) is 5.75 Å². The van der Waals surface area contributed by atoms with Crippen LogP contribution in [0.25, 0.3) is 0 Å². The van der Waals surface area contributed by atoms with Crippen molar-refractivity contribution in [1.29, 1.82) is 0 Å². The van der Waals surface area contributed by atoms with E-state index in [0.717, 1.165) is 17.8 Å². The predicted octanol–water partition coefficient (Wildman–Crippen LogP) is 8.04. The van der Waals surface area contributed by atoms with Gasteiger partial charge in [-0.05, 0) is 65.5 Å². The maximum Gasteiger partial charge on any atom is 0.339 e. The maximum atomic E-state index is 14.2. The lowest BCUT2D eigenvalue weighted by molar-refractivity contribution is -0.119. The fraction of sp³-hybridized carbons (Fsp3) is 0.368. The Morgan fingerprint density at radius 1 is 0.809 bits per heavy atom. The summed E-state index contributed by atoms with van der Waals surface area (Å²) < 4.78 is 37.5. The van der Waals surface area contributed by atoms with Crippen LogP contribution in [0, 0.1) is 10.8 Å². The maximum absolute atomic E-state index is 14.2. The molecule has 9 heteroatoms. The number of halogens is 1. The van der Waals surface area contributed by atoms with E-state index in [2.05, 4.69) is 44.7 Å². The van der Waals surface area contributed by atoms with Crippen LogP contribution in [0.5, 0.6) is 11.5 Å². The fourth-order valence-electron chi connectivity index (χ4n) is 7.27. The average molecular weight is 674 g/mol. The molecular formula is C38H40ClNO6S. The van der Waals surface area contributed by atoms with Crippen molar-refractivity contribution < 1.29 is 26.9 Å². The van der Waals surface area contributed by atoms with Crippen LogP contribution in [-0.4, -0.2) is 38.5 Å². The van der Waals surface area contributed by atoms with Gasteiger partial charge in [-0.3, -0.25) is 9.59 Å². The zero-order valence-corrected chi connectivity index (χ0v) is 29.0. The number of rotatable bonds is 8. The Labute approximate surface area is 282 Å². The number of allylic oxidation sites excluding steroid dienone is 4. The Kier molecular flexibility index (Phi) is 8.64. The Morgan fingerprint density at radius 2 is 1.34 bits per heavy atom. The van der Waals surface area contributed by atoms with Gasteiger partial charge < -0.3 is 13.8 Å². The molecule has 0 bridgehead atoms. The van der Waals surface area contributed by atoms with E-state index in [0.29, 0.717) is 48.9 Å². The topological polar surface area (TPSA) is 90.0 Å². The second-order valence-corrected chi connectivity index (χ2v) is 16.3. The quantitative estimate of drug-likeness (QED) is 0.224. The van der Waals surface area contributed by atoms with Crippen LogP contribution in [0.15, 0.2) is 100 Å². The van der Waals surface area contributed by atoms with Crippen LogP contribution in [0.1, 0.15) is 70.4 Å². The molecule has 0 fully saturated rings. The van der Waals surface area contributed by atoms with E-state index in [9.17, 15) is 18.0 Å². The van der Waals surface area contributed by atoms with Crippen LogP contribution < -0.4 is 8.92 Å². The molecule has 0 spiro atoms. The van der Waals surface area contributed by atoms with Crippen LogP contribution in [0.4, 0.5) is 0 Å². The monoisotopic (exact) mass is 673 g/mol. The number of hydrogen-bond acceptors (Lipinski definition) is 7. The lowest BCUT2D eigenvalue weighted by Crippen LogP contribution is -2.45. The van der Waals surface area contributed by atoms with Gasteiger partial charge in [-0.25, -0.2) is 0 Å². The Balaban J connectivity index is 1.51. The number of ketones is 2. The van der Waals surface area contributed by atoms with Gasteiger partial charge in [0.15, 0.2) is 17.3 Å². The minimum absolute atomic E-state index is 0.00170.